The van der Waals surface area contributed by atoms with E-state index in [1.807, 2.05) is 6.07 Å². The summed E-state index contributed by atoms with van der Waals surface area (Å²) < 4.78 is 6.08. The van der Waals surface area contributed by atoms with Gasteiger partial charge in [-0.3, -0.25) is 0 Å². The summed E-state index contributed by atoms with van der Waals surface area (Å²) in [6, 6.07) is 7.04. The quantitative estimate of drug-likeness (QED) is 0.798. The van der Waals surface area contributed by atoms with E-state index in [0.717, 1.165) is 25.1 Å². The maximum Gasteiger partial charge on any atom is 0.0702 e. The first-order chi connectivity index (χ1) is 9.77. The molecular formula is C17H24N2O. The molecule has 3 aliphatic rings. The number of rotatable bonds is 1. The van der Waals surface area contributed by atoms with Crippen molar-refractivity contribution in [3.63, 3.8) is 0 Å². The standard InChI is InChI=1S/C17H24N2O/c18-15-5-1-6-16-14(15)4-2-10-19(16)13-7-11-20-17(12-13)8-3-9-17/h1,5-6,13H,2-4,7-12,18H2. The van der Waals surface area contributed by atoms with Gasteiger partial charge in [0.05, 0.1) is 5.60 Å². The molecule has 0 amide bonds. The summed E-state index contributed by atoms with van der Waals surface area (Å²) in [4.78, 5) is 2.62. The lowest BCUT2D eigenvalue weighted by Crippen LogP contribution is -2.53. The Labute approximate surface area is 121 Å². The lowest BCUT2D eigenvalue weighted by atomic mass is 9.73. The maximum absolute atomic E-state index is 6.17. The third-order valence-corrected chi connectivity index (χ3v) is 5.50. The zero-order chi connectivity index (χ0) is 13.6. The molecule has 1 spiro atoms. The molecule has 20 heavy (non-hydrogen) atoms. The maximum atomic E-state index is 6.17. The van der Waals surface area contributed by atoms with Crippen molar-refractivity contribution >= 4 is 11.4 Å². The number of nitrogens with zero attached hydrogens (tertiary/aromatic N) is 1. The van der Waals surface area contributed by atoms with Crippen molar-refractivity contribution in [2.75, 3.05) is 23.8 Å². The van der Waals surface area contributed by atoms with Gasteiger partial charge in [0.2, 0.25) is 0 Å². The topological polar surface area (TPSA) is 38.5 Å². The highest BCUT2D eigenvalue weighted by molar-refractivity contribution is 5.66. The number of ether oxygens (including phenoxy) is 1. The zero-order valence-electron chi connectivity index (χ0n) is 12.1. The minimum atomic E-state index is 0.223. The van der Waals surface area contributed by atoms with Gasteiger partial charge >= 0.3 is 0 Å². The van der Waals surface area contributed by atoms with Gasteiger partial charge in [0.25, 0.3) is 0 Å². The zero-order valence-corrected chi connectivity index (χ0v) is 12.1. The third-order valence-electron chi connectivity index (χ3n) is 5.50. The van der Waals surface area contributed by atoms with Crippen LogP contribution in [0.2, 0.25) is 0 Å². The number of benzene rings is 1. The Hall–Kier alpha value is -1.22. The van der Waals surface area contributed by atoms with Crippen LogP contribution in [0.5, 0.6) is 0 Å². The van der Waals surface area contributed by atoms with Gasteiger partial charge in [-0.05, 0) is 62.6 Å². The molecule has 0 bridgehead atoms. The first-order valence-corrected chi connectivity index (χ1v) is 8.05. The average Bonchev–Trinajstić information content (AvgIpc) is 2.46. The number of hydrogen-bond acceptors (Lipinski definition) is 3. The fourth-order valence-electron chi connectivity index (χ4n) is 4.25. The normalized spacial score (nSPS) is 28.0. The molecule has 108 valence electrons. The molecule has 1 aromatic carbocycles. The van der Waals surface area contributed by atoms with E-state index < -0.39 is 0 Å². The molecule has 0 radical (unpaired) electrons. The van der Waals surface area contributed by atoms with Crippen LogP contribution in [0.1, 0.15) is 44.1 Å². The Kier molecular flexibility index (Phi) is 2.92. The lowest BCUT2D eigenvalue weighted by Gasteiger charge is -2.51. The molecule has 0 aromatic heterocycles. The Balaban J connectivity index is 1.62. The molecule has 1 aromatic rings. The van der Waals surface area contributed by atoms with Crippen molar-refractivity contribution in [1.82, 2.24) is 0 Å². The van der Waals surface area contributed by atoms with Gasteiger partial charge in [-0.15, -0.1) is 0 Å². The Morgan fingerprint density at radius 2 is 2.15 bits per heavy atom. The number of nitrogen functional groups attached to an aromatic ring is 1. The van der Waals surface area contributed by atoms with Crippen LogP contribution in [0.25, 0.3) is 0 Å². The molecule has 2 heterocycles. The van der Waals surface area contributed by atoms with Crippen LogP contribution in [0, 0.1) is 0 Å². The van der Waals surface area contributed by atoms with E-state index in [0.29, 0.717) is 6.04 Å². The van der Waals surface area contributed by atoms with Gasteiger partial charge in [-0.1, -0.05) is 6.07 Å². The van der Waals surface area contributed by atoms with Crippen molar-refractivity contribution < 1.29 is 4.74 Å². The Morgan fingerprint density at radius 3 is 2.95 bits per heavy atom. The molecule has 4 rings (SSSR count). The minimum absolute atomic E-state index is 0.223. The molecular weight excluding hydrogens is 248 g/mol. The summed E-state index contributed by atoms with van der Waals surface area (Å²) in [6.07, 6.45) is 8.61. The van der Waals surface area contributed by atoms with Crippen LogP contribution in [0.15, 0.2) is 18.2 Å². The van der Waals surface area contributed by atoms with Crippen LogP contribution in [-0.2, 0) is 11.2 Å². The van der Waals surface area contributed by atoms with E-state index in [1.165, 1.54) is 49.9 Å². The fourth-order valence-corrected chi connectivity index (χ4v) is 4.25. The average molecular weight is 272 g/mol. The molecule has 1 saturated heterocycles. The Morgan fingerprint density at radius 1 is 1.25 bits per heavy atom. The predicted molar refractivity (Wildman–Crippen MR) is 82.1 cm³/mol. The van der Waals surface area contributed by atoms with Gasteiger partial charge in [-0.25, -0.2) is 0 Å². The fraction of sp³-hybridized carbons (Fsp3) is 0.647. The molecule has 2 fully saturated rings. The minimum Gasteiger partial charge on any atom is -0.398 e. The molecule has 1 saturated carbocycles. The lowest BCUT2D eigenvalue weighted by molar-refractivity contribution is -0.132. The molecule has 3 nitrogen and oxygen atoms in total. The summed E-state index contributed by atoms with van der Waals surface area (Å²) in [5.74, 6) is 0. The summed E-state index contributed by atoms with van der Waals surface area (Å²) in [5.41, 5.74) is 10.1. The van der Waals surface area contributed by atoms with Gasteiger partial charge in [0, 0.05) is 30.6 Å². The van der Waals surface area contributed by atoms with E-state index in [9.17, 15) is 0 Å². The molecule has 1 unspecified atom stereocenters. The highest BCUT2D eigenvalue weighted by atomic mass is 16.5. The first-order valence-electron chi connectivity index (χ1n) is 8.05. The van der Waals surface area contributed by atoms with Crippen molar-refractivity contribution in [2.45, 2.75) is 56.6 Å². The molecule has 2 N–H and O–H groups in total. The smallest absolute Gasteiger partial charge is 0.0702 e. The summed E-state index contributed by atoms with van der Waals surface area (Å²) >= 11 is 0. The van der Waals surface area contributed by atoms with Crippen LogP contribution in [0.3, 0.4) is 0 Å². The van der Waals surface area contributed by atoms with Crippen molar-refractivity contribution in [2.24, 2.45) is 0 Å². The van der Waals surface area contributed by atoms with E-state index >= 15 is 0 Å². The molecule has 2 aliphatic heterocycles. The van der Waals surface area contributed by atoms with Crippen molar-refractivity contribution in [3.8, 4) is 0 Å². The number of nitrogens with two attached hydrogens (primary N) is 1. The number of anilines is 2. The largest absolute Gasteiger partial charge is 0.398 e. The van der Waals surface area contributed by atoms with Gasteiger partial charge in [-0.2, -0.15) is 0 Å². The summed E-state index contributed by atoms with van der Waals surface area (Å²) in [6.45, 7) is 2.11. The van der Waals surface area contributed by atoms with Gasteiger partial charge in [0.15, 0.2) is 0 Å². The predicted octanol–water partition coefficient (Wildman–Crippen LogP) is 3.12. The number of hydrogen-bond donors (Lipinski definition) is 1. The van der Waals surface area contributed by atoms with Gasteiger partial charge < -0.3 is 15.4 Å². The third kappa shape index (κ3) is 1.91. The van der Waals surface area contributed by atoms with Crippen molar-refractivity contribution in [1.29, 1.82) is 0 Å². The van der Waals surface area contributed by atoms with Gasteiger partial charge in [0.1, 0.15) is 0 Å². The monoisotopic (exact) mass is 272 g/mol. The van der Waals surface area contributed by atoms with Crippen LogP contribution in [-0.4, -0.2) is 24.8 Å². The second-order valence-electron chi connectivity index (χ2n) is 6.67. The second kappa shape index (κ2) is 4.66. The van der Waals surface area contributed by atoms with Crippen molar-refractivity contribution in [3.05, 3.63) is 23.8 Å². The highest BCUT2D eigenvalue weighted by Gasteiger charge is 2.44. The Bertz CT molecular complexity index is 510. The number of fused-ring (bicyclic) bond motifs is 1. The molecule has 3 heteroatoms. The summed E-state index contributed by atoms with van der Waals surface area (Å²) in [7, 11) is 0. The van der Waals surface area contributed by atoms with Crippen LogP contribution < -0.4 is 10.6 Å². The van der Waals surface area contributed by atoms with E-state index in [4.69, 9.17) is 10.5 Å². The van der Waals surface area contributed by atoms with E-state index in [1.54, 1.807) is 0 Å². The van der Waals surface area contributed by atoms with Crippen LogP contribution in [0.4, 0.5) is 11.4 Å². The van der Waals surface area contributed by atoms with Crippen LogP contribution >= 0.6 is 0 Å². The van der Waals surface area contributed by atoms with E-state index in [-0.39, 0.29) is 5.60 Å². The summed E-state index contributed by atoms with van der Waals surface area (Å²) in [5, 5.41) is 0. The molecule has 1 atom stereocenters. The van der Waals surface area contributed by atoms with E-state index in [2.05, 4.69) is 17.0 Å². The second-order valence-corrected chi connectivity index (χ2v) is 6.67. The highest BCUT2D eigenvalue weighted by Crippen LogP contribution is 2.45. The SMILES string of the molecule is Nc1cccc2c1CCCN2C1CCOC2(CCC2)C1. The first kappa shape index (κ1) is 12.5. The molecule has 1 aliphatic carbocycles.